The summed E-state index contributed by atoms with van der Waals surface area (Å²) in [6.45, 7) is 8.18. The van der Waals surface area contributed by atoms with Crippen LogP contribution in [-0.4, -0.2) is 49.7 Å². The second kappa shape index (κ2) is 7.63. The van der Waals surface area contributed by atoms with Crippen LogP contribution >= 0.6 is 0 Å². The molecule has 1 aliphatic rings. The van der Waals surface area contributed by atoms with E-state index in [0.29, 0.717) is 6.42 Å². The molecular weight excluding hydrogens is 204 g/mol. The molecule has 0 aromatic carbocycles. The first-order valence-electron chi connectivity index (χ1n) is 6.38. The van der Waals surface area contributed by atoms with Gasteiger partial charge in [-0.1, -0.05) is 6.92 Å². The van der Waals surface area contributed by atoms with Gasteiger partial charge in [-0.25, -0.2) is 0 Å². The van der Waals surface area contributed by atoms with Crippen LogP contribution in [0, 0.1) is 0 Å². The van der Waals surface area contributed by atoms with Crippen molar-refractivity contribution < 1.29 is 9.53 Å². The zero-order valence-corrected chi connectivity index (χ0v) is 10.5. The Bertz CT molecular complexity index is 203. The molecule has 0 saturated carbocycles. The summed E-state index contributed by atoms with van der Waals surface area (Å²) in [7, 11) is 0. The number of rotatable bonds is 7. The maximum absolute atomic E-state index is 11.9. The predicted molar refractivity (Wildman–Crippen MR) is 64.4 cm³/mol. The van der Waals surface area contributed by atoms with E-state index < -0.39 is 0 Å². The number of hydrogen-bond acceptors (Lipinski definition) is 3. The van der Waals surface area contributed by atoms with Crippen LogP contribution in [0.4, 0.5) is 0 Å². The number of amides is 1. The zero-order valence-electron chi connectivity index (χ0n) is 10.5. The third-order valence-electron chi connectivity index (χ3n) is 2.95. The van der Waals surface area contributed by atoms with Crippen molar-refractivity contribution in [3.63, 3.8) is 0 Å². The smallest absolute Gasteiger partial charge is 0.223 e. The molecule has 0 aromatic rings. The molecule has 0 aromatic heterocycles. The first kappa shape index (κ1) is 13.5. The molecule has 1 aliphatic heterocycles. The molecule has 1 rings (SSSR count). The maximum Gasteiger partial charge on any atom is 0.223 e. The van der Waals surface area contributed by atoms with Crippen LogP contribution in [0.5, 0.6) is 0 Å². The Morgan fingerprint density at radius 2 is 2.31 bits per heavy atom. The van der Waals surface area contributed by atoms with E-state index in [9.17, 15) is 4.79 Å². The number of carbonyl (C=O) groups excluding carboxylic acids is 1. The van der Waals surface area contributed by atoms with Gasteiger partial charge in [0, 0.05) is 32.7 Å². The molecule has 1 atom stereocenters. The molecule has 1 N–H and O–H groups in total. The number of hydrogen-bond donors (Lipinski definition) is 1. The number of likely N-dealkylation sites (N-methyl/N-ethyl adjacent to an activating group) is 1. The molecule has 0 radical (unpaired) electrons. The summed E-state index contributed by atoms with van der Waals surface area (Å²) in [5.74, 6) is 0.235. The standard InChI is InChI=1S/C12H24N2O2/c1-3-13-8-7-12(15)14(4-2)10-11-6-5-9-16-11/h11,13H,3-10H2,1-2H3. The summed E-state index contributed by atoms with van der Waals surface area (Å²) in [5.41, 5.74) is 0. The predicted octanol–water partition coefficient (Wildman–Crippen LogP) is 1.01. The van der Waals surface area contributed by atoms with Gasteiger partial charge >= 0.3 is 0 Å². The summed E-state index contributed by atoms with van der Waals surface area (Å²) >= 11 is 0. The topological polar surface area (TPSA) is 41.6 Å². The fraction of sp³-hybridized carbons (Fsp3) is 0.917. The van der Waals surface area contributed by atoms with E-state index in [4.69, 9.17) is 4.74 Å². The van der Waals surface area contributed by atoms with E-state index in [1.165, 1.54) is 0 Å². The molecule has 1 unspecified atom stereocenters. The molecule has 4 nitrogen and oxygen atoms in total. The van der Waals surface area contributed by atoms with E-state index in [1.54, 1.807) is 0 Å². The third-order valence-corrected chi connectivity index (χ3v) is 2.95. The van der Waals surface area contributed by atoms with Crippen LogP contribution in [0.3, 0.4) is 0 Å². The lowest BCUT2D eigenvalue weighted by Gasteiger charge is -2.24. The van der Waals surface area contributed by atoms with Gasteiger partial charge < -0.3 is 15.0 Å². The normalized spacial score (nSPS) is 20.0. The summed E-state index contributed by atoms with van der Waals surface area (Å²) in [4.78, 5) is 13.8. The quantitative estimate of drug-likeness (QED) is 0.661. The highest BCUT2D eigenvalue weighted by atomic mass is 16.5. The van der Waals surface area contributed by atoms with Gasteiger partial charge in [0.15, 0.2) is 0 Å². The van der Waals surface area contributed by atoms with E-state index in [2.05, 4.69) is 12.2 Å². The monoisotopic (exact) mass is 228 g/mol. The Balaban J connectivity index is 2.25. The molecule has 16 heavy (non-hydrogen) atoms. The van der Waals surface area contributed by atoms with Crippen LogP contribution in [0.2, 0.25) is 0 Å². The van der Waals surface area contributed by atoms with Crippen LogP contribution in [0.25, 0.3) is 0 Å². The molecule has 1 heterocycles. The Kier molecular flexibility index (Phi) is 6.42. The summed E-state index contributed by atoms with van der Waals surface area (Å²) in [6, 6.07) is 0. The molecule has 1 amide bonds. The zero-order chi connectivity index (χ0) is 11.8. The van der Waals surface area contributed by atoms with Crippen LogP contribution in [0.1, 0.15) is 33.1 Å². The molecule has 0 aliphatic carbocycles. The number of carbonyl (C=O) groups is 1. The molecule has 1 saturated heterocycles. The second-order valence-electron chi connectivity index (χ2n) is 4.17. The van der Waals surface area contributed by atoms with Gasteiger partial charge in [0.05, 0.1) is 6.10 Å². The van der Waals surface area contributed by atoms with E-state index in [0.717, 1.165) is 45.6 Å². The summed E-state index contributed by atoms with van der Waals surface area (Å²) in [5, 5.41) is 3.17. The lowest BCUT2D eigenvalue weighted by molar-refractivity contribution is -0.132. The Morgan fingerprint density at radius 1 is 1.50 bits per heavy atom. The minimum atomic E-state index is 0.235. The van der Waals surface area contributed by atoms with Gasteiger partial charge in [-0.2, -0.15) is 0 Å². The molecular formula is C12H24N2O2. The molecule has 0 spiro atoms. The van der Waals surface area contributed by atoms with E-state index >= 15 is 0 Å². The van der Waals surface area contributed by atoms with Gasteiger partial charge in [-0.15, -0.1) is 0 Å². The molecule has 4 heteroatoms. The Hall–Kier alpha value is -0.610. The lowest BCUT2D eigenvalue weighted by atomic mass is 10.2. The average molecular weight is 228 g/mol. The first-order chi connectivity index (χ1) is 7.77. The lowest BCUT2D eigenvalue weighted by Crippen LogP contribution is -2.38. The van der Waals surface area contributed by atoms with Crippen molar-refractivity contribution in [2.75, 3.05) is 32.8 Å². The number of ether oxygens (including phenoxy) is 1. The Morgan fingerprint density at radius 3 is 2.88 bits per heavy atom. The van der Waals surface area contributed by atoms with E-state index in [-0.39, 0.29) is 12.0 Å². The summed E-state index contributed by atoms with van der Waals surface area (Å²) < 4.78 is 5.55. The SMILES string of the molecule is CCNCCC(=O)N(CC)CC1CCCO1. The van der Waals surface area contributed by atoms with Crippen molar-refractivity contribution >= 4 is 5.91 Å². The Labute approximate surface area is 98.3 Å². The van der Waals surface area contributed by atoms with Crippen LogP contribution in [-0.2, 0) is 9.53 Å². The van der Waals surface area contributed by atoms with Gasteiger partial charge in [0.25, 0.3) is 0 Å². The summed E-state index contributed by atoms with van der Waals surface area (Å²) in [6.07, 6.45) is 3.09. The second-order valence-corrected chi connectivity index (χ2v) is 4.17. The third kappa shape index (κ3) is 4.49. The van der Waals surface area contributed by atoms with Crippen molar-refractivity contribution in [1.29, 1.82) is 0 Å². The molecule has 94 valence electrons. The van der Waals surface area contributed by atoms with Gasteiger partial charge in [0.2, 0.25) is 5.91 Å². The van der Waals surface area contributed by atoms with Gasteiger partial charge in [-0.05, 0) is 26.3 Å². The van der Waals surface area contributed by atoms with Crippen molar-refractivity contribution in [3.05, 3.63) is 0 Å². The largest absolute Gasteiger partial charge is 0.376 e. The van der Waals surface area contributed by atoms with Crippen molar-refractivity contribution in [2.45, 2.75) is 39.2 Å². The molecule has 0 bridgehead atoms. The fourth-order valence-electron chi connectivity index (χ4n) is 1.97. The van der Waals surface area contributed by atoms with E-state index in [1.807, 2.05) is 11.8 Å². The minimum absolute atomic E-state index is 0.235. The van der Waals surface area contributed by atoms with Crippen LogP contribution < -0.4 is 5.32 Å². The highest BCUT2D eigenvalue weighted by Crippen LogP contribution is 2.13. The number of nitrogens with one attached hydrogen (secondary N) is 1. The highest BCUT2D eigenvalue weighted by Gasteiger charge is 2.20. The van der Waals surface area contributed by atoms with Crippen molar-refractivity contribution in [2.24, 2.45) is 0 Å². The van der Waals surface area contributed by atoms with Crippen LogP contribution in [0.15, 0.2) is 0 Å². The maximum atomic E-state index is 11.9. The average Bonchev–Trinajstić information content (AvgIpc) is 2.78. The minimum Gasteiger partial charge on any atom is -0.376 e. The highest BCUT2D eigenvalue weighted by molar-refractivity contribution is 5.76. The van der Waals surface area contributed by atoms with Crippen molar-refractivity contribution in [3.8, 4) is 0 Å². The fourth-order valence-corrected chi connectivity index (χ4v) is 1.97. The molecule has 1 fully saturated rings. The number of nitrogens with zero attached hydrogens (tertiary/aromatic N) is 1. The van der Waals surface area contributed by atoms with Gasteiger partial charge in [-0.3, -0.25) is 4.79 Å². The van der Waals surface area contributed by atoms with Crippen molar-refractivity contribution in [1.82, 2.24) is 10.2 Å². The van der Waals surface area contributed by atoms with Gasteiger partial charge in [0.1, 0.15) is 0 Å². The first-order valence-corrected chi connectivity index (χ1v) is 6.38.